The smallest absolute Gasteiger partial charge is 0.340 e. The Labute approximate surface area is 125 Å². The number of halogens is 1. The maximum absolute atomic E-state index is 13.8. The van der Waals surface area contributed by atoms with E-state index in [2.05, 4.69) is 15.0 Å². The molecule has 1 aromatic carbocycles. The van der Waals surface area contributed by atoms with Crippen molar-refractivity contribution in [3.63, 3.8) is 0 Å². The monoisotopic (exact) mass is 294 g/mol. The highest BCUT2D eigenvalue weighted by atomic mass is 19.1. The van der Waals surface area contributed by atoms with Crippen molar-refractivity contribution in [2.75, 3.05) is 33.3 Å². The summed E-state index contributed by atoms with van der Waals surface area (Å²) in [4.78, 5) is 13.8. The number of nitrogens with zero attached hydrogens (tertiary/aromatic N) is 1. The number of nitrogens with one attached hydrogen (secondary N) is 1. The second kappa shape index (κ2) is 8.10. The van der Waals surface area contributed by atoms with Crippen molar-refractivity contribution >= 4 is 5.97 Å². The summed E-state index contributed by atoms with van der Waals surface area (Å²) in [6, 6.07) is 4.62. The van der Waals surface area contributed by atoms with Crippen molar-refractivity contribution in [1.82, 2.24) is 10.2 Å². The van der Waals surface area contributed by atoms with E-state index in [1.54, 1.807) is 6.07 Å². The van der Waals surface area contributed by atoms with Crippen LogP contribution in [0.3, 0.4) is 0 Å². The zero-order valence-corrected chi connectivity index (χ0v) is 12.5. The highest BCUT2D eigenvalue weighted by molar-refractivity contribution is 5.89. The van der Waals surface area contributed by atoms with E-state index in [0.29, 0.717) is 6.54 Å². The van der Waals surface area contributed by atoms with Gasteiger partial charge in [0.1, 0.15) is 5.82 Å². The highest BCUT2D eigenvalue weighted by Gasteiger charge is 2.12. The molecule has 21 heavy (non-hydrogen) atoms. The third kappa shape index (κ3) is 4.79. The second-order valence-electron chi connectivity index (χ2n) is 5.38. The first kappa shape index (κ1) is 15.9. The number of rotatable bonds is 6. The molecule has 0 radical (unpaired) electrons. The van der Waals surface area contributed by atoms with E-state index in [-0.39, 0.29) is 5.56 Å². The van der Waals surface area contributed by atoms with E-state index >= 15 is 0 Å². The van der Waals surface area contributed by atoms with E-state index in [1.165, 1.54) is 51.6 Å². The summed E-state index contributed by atoms with van der Waals surface area (Å²) in [6.07, 6.45) is 3.93. The van der Waals surface area contributed by atoms with E-state index in [1.807, 2.05) is 0 Å². The fourth-order valence-electron chi connectivity index (χ4n) is 2.60. The van der Waals surface area contributed by atoms with Gasteiger partial charge in [0.05, 0.1) is 12.7 Å². The van der Waals surface area contributed by atoms with Gasteiger partial charge in [-0.15, -0.1) is 0 Å². The molecule has 0 saturated carbocycles. The average Bonchev–Trinajstić information content (AvgIpc) is 2.52. The fraction of sp³-hybridized carbons (Fsp3) is 0.562. The molecular weight excluding hydrogens is 271 g/mol. The third-order valence-corrected chi connectivity index (χ3v) is 3.82. The van der Waals surface area contributed by atoms with Crippen LogP contribution in [0.15, 0.2) is 18.2 Å². The minimum absolute atomic E-state index is 0.0189. The van der Waals surface area contributed by atoms with Gasteiger partial charge in [0.25, 0.3) is 0 Å². The molecular formula is C16H23FN2O2. The normalized spacial score (nSPS) is 15.9. The molecule has 0 bridgehead atoms. The van der Waals surface area contributed by atoms with Crippen LogP contribution < -0.4 is 5.32 Å². The summed E-state index contributed by atoms with van der Waals surface area (Å²) >= 11 is 0. The van der Waals surface area contributed by atoms with Gasteiger partial charge in [-0.25, -0.2) is 9.18 Å². The zero-order valence-electron chi connectivity index (χ0n) is 12.5. The number of piperidine rings is 1. The van der Waals surface area contributed by atoms with E-state index in [0.717, 1.165) is 18.7 Å². The van der Waals surface area contributed by atoms with Crippen LogP contribution in [-0.4, -0.2) is 44.2 Å². The molecule has 1 N–H and O–H groups in total. The number of carbonyl (C=O) groups is 1. The van der Waals surface area contributed by atoms with Gasteiger partial charge in [-0.2, -0.15) is 0 Å². The molecule has 0 spiro atoms. The van der Waals surface area contributed by atoms with Gasteiger partial charge in [-0.05, 0) is 43.6 Å². The van der Waals surface area contributed by atoms with Crippen LogP contribution in [0.5, 0.6) is 0 Å². The molecule has 0 aromatic heterocycles. The Morgan fingerprint density at radius 2 is 2.10 bits per heavy atom. The average molecular weight is 294 g/mol. The number of likely N-dealkylation sites (tertiary alicyclic amines) is 1. The first-order valence-corrected chi connectivity index (χ1v) is 7.50. The van der Waals surface area contributed by atoms with Crippen LogP contribution in [0.1, 0.15) is 35.2 Å². The Balaban J connectivity index is 1.75. The number of carbonyl (C=O) groups excluding carboxylic acids is 1. The van der Waals surface area contributed by atoms with Crippen LogP contribution >= 0.6 is 0 Å². The van der Waals surface area contributed by atoms with Crippen molar-refractivity contribution < 1.29 is 13.9 Å². The number of methoxy groups -OCH3 is 1. The predicted molar refractivity (Wildman–Crippen MR) is 79.7 cm³/mol. The summed E-state index contributed by atoms with van der Waals surface area (Å²) < 4.78 is 18.3. The first-order valence-electron chi connectivity index (χ1n) is 7.50. The van der Waals surface area contributed by atoms with Gasteiger partial charge >= 0.3 is 5.97 Å². The van der Waals surface area contributed by atoms with Crippen molar-refractivity contribution in [2.24, 2.45) is 0 Å². The lowest BCUT2D eigenvalue weighted by Gasteiger charge is -2.26. The van der Waals surface area contributed by atoms with Gasteiger partial charge in [0.15, 0.2) is 0 Å². The number of hydrogen-bond donors (Lipinski definition) is 1. The topological polar surface area (TPSA) is 41.6 Å². The maximum atomic E-state index is 13.8. The van der Waals surface area contributed by atoms with E-state index < -0.39 is 11.8 Å². The lowest BCUT2D eigenvalue weighted by atomic mass is 10.1. The quantitative estimate of drug-likeness (QED) is 0.645. The number of hydrogen-bond acceptors (Lipinski definition) is 4. The Bertz CT molecular complexity index is 473. The Morgan fingerprint density at radius 3 is 2.76 bits per heavy atom. The summed E-state index contributed by atoms with van der Waals surface area (Å²) in [5.74, 6) is -1.17. The van der Waals surface area contributed by atoms with Gasteiger partial charge < -0.3 is 15.0 Å². The molecule has 1 heterocycles. The van der Waals surface area contributed by atoms with Gasteiger partial charge in [-0.1, -0.05) is 12.5 Å². The van der Waals surface area contributed by atoms with Crippen LogP contribution in [-0.2, 0) is 11.3 Å². The van der Waals surface area contributed by atoms with Crippen LogP contribution in [0.25, 0.3) is 0 Å². The Morgan fingerprint density at radius 1 is 1.33 bits per heavy atom. The Hall–Kier alpha value is -1.46. The highest BCUT2D eigenvalue weighted by Crippen LogP contribution is 2.12. The fourth-order valence-corrected chi connectivity index (χ4v) is 2.60. The third-order valence-electron chi connectivity index (χ3n) is 3.82. The van der Waals surface area contributed by atoms with Crippen LogP contribution in [0, 0.1) is 5.82 Å². The van der Waals surface area contributed by atoms with Crippen LogP contribution in [0.4, 0.5) is 4.39 Å². The van der Waals surface area contributed by atoms with E-state index in [4.69, 9.17) is 0 Å². The van der Waals surface area contributed by atoms with Gasteiger partial charge in [0, 0.05) is 19.6 Å². The minimum Gasteiger partial charge on any atom is -0.465 e. The van der Waals surface area contributed by atoms with E-state index in [9.17, 15) is 9.18 Å². The molecule has 116 valence electrons. The number of benzene rings is 1. The molecule has 0 unspecified atom stereocenters. The largest absolute Gasteiger partial charge is 0.465 e. The van der Waals surface area contributed by atoms with Crippen molar-refractivity contribution in [3.05, 3.63) is 35.1 Å². The summed E-state index contributed by atoms with van der Waals surface area (Å²) in [5, 5.41) is 3.31. The number of esters is 1. The molecule has 0 amide bonds. The van der Waals surface area contributed by atoms with Crippen molar-refractivity contribution in [3.8, 4) is 0 Å². The molecule has 0 aliphatic carbocycles. The maximum Gasteiger partial charge on any atom is 0.340 e. The second-order valence-corrected chi connectivity index (χ2v) is 5.38. The van der Waals surface area contributed by atoms with Crippen molar-refractivity contribution in [1.29, 1.82) is 0 Å². The minimum atomic E-state index is -0.642. The molecule has 1 aliphatic rings. The Kier molecular flexibility index (Phi) is 6.14. The molecule has 1 aromatic rings. The van der Waals surface area contributed by atoms with Gasteiger partial charge in [-0.3, -0.25) is 0 Å². The summed E-state index contributed by atoms with van der Waals surface area (Å²) in [5.41, 5.74) is 0.813. The molecule has 2 rings (SSSR count). The zero-order chi connectivity index (χ0) is 15.1. The SMILES string of the molecule is COC(=O)c1ccc(CNCCN2CCCCC2)cc1F. The summed E-state index contributed by atoms with van der Waals surface area (Å²) in [6.45, 7) is 4.89. The standard InChI is InChI=1S/C16H23FN2O2/c1-21-16(20)14-6-5-13(11-15(14)17)12-18-7-10-19-8-3-2-4-9-19/h5-6,11,18H,2-4,7-10,12H2,1H3. The van der Waals surface area contributed by atoms with Crippen LogP contribution in [0.2, 0.25) is 0 Å². The van der Waals surface area contributed by atoms with Gasteiger partial charge in [0.2, 0.25) is 0 Å². The predicted octanol–water partition coefficient (Wildman–Crippen LogP) is 2.19. The molecule has 4 nitrogen and oxygen atoms in total. The molecule has 1 saturated heterocycles. The molecule has 5 heteroatoms. The first-order chi connectivity index (χ1) is 10.2. The number of ether oxygens (including phenoxy) is 1. The lowest BCUT2D eigenvalue weighted by molar-refractivity contribution is 0.0595. The molecule has 1 aliphatic heterocycles. The van der Waals surface area contributed by atoms with Crippen molar-refractivity contribution in [2.45, 2.75) is 25.8 Å². The molecule has 1 fully saturated rings. The lowest BCUT2D eigenvalue weighted by Crippen LogP contribution is -2.35. The summed E-state index contributed by atoms with van der Waals surface area (Å²) in [7, 11) is 1.25. The molecule has 0 atom stereocenters.